The Bertz CT molecular complexity index is 382. The molecule has 0 radical (unpaired) electrons. The third kappa shape index (κ3) is 1.06. The first-order valence-electron chi connectivity index (χ1n) is 3.82. The average Bonchev–Trinajstić information content (AvgIpc) is 2.53. The van der Waals surface area contributed by atoms with Crippen molar-refractivity contribution < 1.29 is 4.52 Å². The van der Waals surface area contributed by atoms with Gasteiger partial charge in [0.25, 0.3) is 0 Å². The van der Waals surface area contributed by atoms with Crippen molar-refractivity contribution in [3.63, 3.8) is 0 Å². The molecule has 4 nitrogen and oxygen atoms in total. The van der Waals surface area contributed by atoms with E-state index in [4.69, 9.17) is 10.3 Å². The molecule has 0 aliphatic heterocycles. The SMILES string of the molecule is NCCc1cccc2onnc12. The number of nitrogens with zero attached hydrogens (tertiary/aromatic N) is 2. The van der Waals surface area contributed by atoms with Crippen LogP contribution in [0.4, 0.5) is 0 Å². The van der Waals surface area contributed by atoms with Gasteiger partial charge in [0.1, 0.15) is 5.52 Å². The van der Waals surface area contributed by atoms with Crippen LogP contribution in [0.1, 0.15) is 5.56 Å². The number of aromatic nitrogens is 2. The van der Waals surface area contributed by atoms with Gasteiger partial charge in [0.05, 0.1) is 0 Å². The van der Waals surface area contributed by atoms with Gasteiger partial charge in [-0.3, -0.25) is 0 Å². The lowest BCUT2D eigenvalue weighted by atomic mass is 10.1. The van der Waals surface area contributed by atoms with E-state index >= 15 is 0 Å². The summed E-state index contributed by atoms with van der Waals surface area (Å²) in [6.07, 6.45) is 0.811. The molecule has 2 rings (SSSR count). The zero-order chi connectivity index (χ0) is 8.39. The van der Waals surface area contributed by atoms with Gasteiger partial charge < -0.3 is 10.3 Å². The molecule has 1 aromatic carbocycles. The second kappa shape index (κ2) is 2.91. The molecule has 0 aliphatic rings. The van der Waals surface area contributed by atoms with Crippen molar-refractivity contribution in [2.45, 2.75) is 6.42 Å². The largest absolute Gasteiger partial charge is 0.337 e. The molecule has 0 saturated heterocycles. The highest BCUT2D eigenvalue weighted by molar-refractivity contribution is 5.75. The monoisotopic (exact) mass is 163 g/mol. The van der Waals surface area contributed by atoms with Gasteiger partial charge in [0.2, 0.25) is 0 Å². The van der Waals surface area contributed by atoms with Crippen molar-refractivity contribution in [1.82, 2.24) is 10.4 Å². The summed E-state index contributed by atoms with van der Waals surface area (Å²) in [6.45, 7) is 0.617. The molecule has 0 unspecified atom stereocenters. The normalized spacial score (nSPS) is 10.8. The standard InChI is InChI=1S/C8H9N3O/c9-5-4-6-2-1-3-7-8(6)10-11-12-7/h1-3H,4-5,9H2. The predicted molar refractivity (Wildman–Crippen MR) is 44.6 cm³/mol. The molecule has 0 atom stereocenters. The van der Waals surface area contributed by atoms with Crippen LogP contribution in [-0.2, 0) is 6.42 Å². The molecule has 0 fully saturated rings. The van der Waals surface area contributed by atoms with Gasteiger partial charge in [-0.15, -0.1) is 5.10 Å². The Balaban J connectivity index is 2.57. The molecule has 0 bridgehead atoms. The van der Waals surface area contributed by atoms with E-state index < -0.39 is 0 Å². The van der Waals surface area contributed by atoms with Crippen LogP contribution in [0.15, 0.2) is 22.7 Å². The Labute approximate surface area is 69.3 Å². The van der Waals surface area contributed by atoms with Crippen molar-refractivity contribution in [1.29, 1.82) is 0 Å². The molecule has 1 heterocycles. The lowest BCUT2D eigenvalue weighted by molar-refractivity contribution is 0.424. The summed E-state index contributed by atoms with van der Waals surface area (Å²) in [6, 6.07) is 5.74. The fourth-order valence-electron chi connectivity index (χ4n) is 1.22. The van der Waals surface area contributed by atoms with Crippen LogP contribution in [-0.4, -0.2) is 16.9 Å². The van der Waals surface area contributed by atoms with Gasteiger partial charge >= 0.3 is 0 Å². The zero-order valence-corrected chi connectivity index (χ0v) is 6.53. The van der Waals surface area contributed by atoms with E-state index in [1.165, 1.54) is 0 Å². The third-order valence-corrected chi connectivity index (χ3v) is 1.78. The fraction of sp³-hybridized carbons (Fsp3) is 0.250. The Kier molecular flexibility index (Phi) is 1.75. The van der Waals surface area contributed by atoms with E-state index in [9.17, 15) is 0 Å². The van der Waals surface area contributed by atoms with Crippen molar-refractivity contribution in [2.75, 3.05) is 6.54 Å². The quantitative estimate of drug-likeness (QED) is 0.708. The summed E-state index contributed by atoms with van der Waals surface area (Å²) >= 11 is 0. The molecule has 4 heteroatoms. The maximum Gasteiger partial charge on any atom is 0.187 e. The van der Waals surface area contributed by atoms with Gasteiger partial charge in [-0.1, -0.05) is 12.1 Å². The molecule has 62 valence electrons. The summed E-state index contributed by atoms with van der Waals surface area (Å²) in [5.41, 5.74) is 8.08. The maximum atomic E-state index is 5.44. The summed E-state index contributed by atoms with van der Waals surface area (Å²) < 4.78 is 4.90. The smallest absolute Gasteiger partial charge is 0.187 e. The van der Waals surface area contributed by atoms with E-state index in [0.717, 1.165) is 23.1 Å². The topological polar surface area (TPSA) is 64.9 Å². The lowest BCUT2D eigenvalue weighted by Gasteiger charge is -1.95. The average molecular weight is 163 g/mol. The van der Waals surface area contributed by atoms with E-state index in [0.29, 0.717) is 6.54 Å². The van der Waals surface area contributed by atoms with Gasteiger partial charge in [0.15, 0.2) is 5.58 Å². The molecule has 12 heavy (non-hydrogen) atoms. The molecule has 0 aliphatic carbocycles. The Morgan fingerprint density at radius 3 is 3.17 bits per heavy atom. The Morgan fingerprint density at radius 2 is 2.33 bits per heavy atom. The van der Waals surface area contributed by atoms with Crippen molar-refractivity contribution in [3.05, 3.63) is 23.8 Å². The van der Waals surface area contributed by atoms with Gasteiger partial charge in [-0.2, -0.15) is 0 Å². The highest BCUT2D eigenvalue weighted by Crippen LogP contribution is 2.15. The number of hydrogen-bond donors (Lipinski definition) is 1. The van der Waals surface area contributed by atoms with Crippen LogP contribution in [0.25, 0.3) is 11.1 Å². The van der Waals surface area contributed by atoms with E-state index in [1.807, 2.05) is 18.2 Å². The summed E-state index contributed by atoms with van der Waals surface area (Å²) in [5.74, 6) is 0. The van der Waals surface area contributed by atoms with Crippen molar-refractivity contribution >= 4 is 11.1 Å². The van der Waals surface area contributed by atoms with Crippen LogP contribution in [0.5, 0.6) is 0 Å². The third-order valence-electron chi connectivity index (χ3n) is 1.78. The summed E-state index contributed by atoms with van der Waals surface area (Å²) in [4.78, 5) is 0. The maximum absolute atomic E-state index is 5.44. The predicted octanol–water partition coefficient (Wildman–Crippen LogP) is 0.724. The van der Waals surface area contributed by atoms with E-state index in [1.54, 1.807) is 0 Å². The first-order chi connectivity index (χ1) is 5.92. The molecule has 0 spiro atoms. The fourth-order valence-corrected chi connectivity index (χ4v) is 1.22. The number of nitrogens with two attached hydrogens (primary N) is 1. The Hall–Kier alpha value is -1.42. The van der Waals surface area contributed by atoms with E-state index in [2.05, 4.69) is 10.4 Å². The Morgan fingerprint density at radius 1 is 1.42 bits per heavy atom. The number of benzene rings is 1. The molecule has 0 saturated carbocycles. The molecular weight excluding hydrogens is 154 g/mol. The van der Waals surface area contributed by atoms with Gasteiger partial charge in [-0.05, 0) is 24.6 Å². The highest BCUT2D eigenvalue weighted by atomic mass is 16.5. The first-order valence-corrected chi connectivity index (χ1v) is 3.82. The van der Waals surface area contributed by atoms with Crippen LogP contribution in [0.2, 0.25) is 0 Å². The van der Waals surface area contributed by atoms with Crippen molar-refractivity contribution in [3.8, 4) is 0 Å². The second-order valence-corrected chi connectivity index (χ2v) is 2.58. The first kappa shape index (κ1) is 7.24. The molecule has 2 aromatic rings. The second-order valence-electron chi connectivity index (χ2n) is 2.58. The molecule has 1 aromatic heterocycles. The van der Waals surface area contributed by atoms with Crippen LogP contribution < -0.4 is 5.73 Å². The minimum absolute atomic E-state index is 0.617. The summed E-state index contributed by atoms with van der Waals surface area (Å²) in [7, 11) is 0. The van der Waals surface area contributed by atoms with Crippen LogP contribution in [0, 0.1) is 0 Å². The lowest BCUT2D eigenvalue weighted by Crippen LogP contribution is -2.02. The van der Waals surface area contributed by atoms with Crippen LogP contribution in [0.3, 0.4) is 0 Å². The van der Waals surface area contributed by atoms with Gasteiger partial charge in [0, 0.05) is 5.27 Å². The molecular formula is C8H9N3O. The highest BCUT2D eigenvalue weighted by Gasteiger charge is 2.04. The minimum atomic E-state index is 0.617. The van der Waals surface area contributed by atoms with Crippen LogP contribution >= 0.6 is 0 Å². The molecule has 0 amide bonds. The zero-order valence-electron chi connectivity index (χ0n) is 6.53. The summed E-state index contributed by atoms with van der Waals surface area (Å²) in [5, 5.41) is 7.34. The number of rotatable bonds is 2. The number of hydrogen-bond acceptors (Lipinski definition) is 4. The minimum Gasteiger partial charge on any atom is -0.337 e. The van der Waals surface area contributed by atoms with Gasteiger partial charge in [-0.25, -0.2) is 0 Å². The molecule has 2 N–H and O–H groups in total. The van der Waals surface area contributed by atoms with Crippen molar-refractivity contribution in [2.24, 2.45) is 5.73 Å². The van der Waals surface area contributed by atoms with E-state index in [-0.39, 0.29) is 0 Å². The number of fused-ring (bicyclic) bond motifs is 1.